The molecule has 4 heteroatoms. The quantitative estimate of drug-likeness (QED) is 0.388. The fraction of sp³-hybridized carbons (Fsp3) is 0.357. The molecule has 0 fully saturated rings. The second-order valence-electron chi connectivity index (χ2n) is 4.26. The van der Waals surface area contributed by atoms with Crippen LogP contribution in [-0.4, -0.2) is 16.8 Å². The molecule has 0 radical (unpaired) electrons. The smallest absolute Gasteiger partial charge is 0.308 e. The Morgan fingerprint density at radius 1 is 1.39 bits per heavy atom. The number of benzene rings is 1. The lowest BCUT2D eigenvalue weighted by Crippen LogP contribution is -2.00. The highest BCUT2D eigenvalue weighted by atomic mass is 35.5. The van der Waals surface area contributed by atoms with Crippen molar-refractivity contribution < 1.29 is 9.53 Å². The van der Waals surface area contributed by atoms with Crippen LogP contribution in [0.4, 0.5) is 0 Å². The molecule has 1 aromatic heterocycles. The van der Waals surface area contributed by atoms with Gasteiger partial charge in [-0.3, -0.25) is 4.79 Å². The lowest BCUT2D eigenvalue weighted by atomic mass is 10.1. The summed E-state index contributed by atoms with van der Waals surface area (Å²) in [5.74, 6) is 0.989. The molecule has 0 spiro atoms. The van der Waals surface area contributed by atoms with E-state index in [0.717, 1.165) is 30.2 Å². The SMILES string of the molecule is CC(=O)Oc1ccc2[nH]cc(CCCCCl)c2c1. The van der Waals surface area contributed by atoms with E-state index in [1.165, 1.54) is 12.5 Å². The van der Waals surface area contributed by atoms with E-state index in [1.807, 2.05) is 18.3 Å². The molecule has 0 bridgehead atoms. The molecule has 2 aromatic rings. The topological polar surface area (TPSA) is 42.1 Å². The van der Waals surface area contributed by atoms with Crippen LogP contribution in [0.15, 0.2) is 24.4 Å². The number of alkyl halides is 1. The highest BCUT2D eigenvalue weighted by Crippen LogP contribution is 2.25. The first-order valence-electron chi connectivity index (χ1n) is 6.05. The second-order valence-corrected chi connectivity index (χ2v) is 4.64. The molecule has 0 atom stereocenters. The lowest BCUT2D eigenvalue weighted by Gasteiger charge is -2.02. The number of fused-ring (bicyclic) bond motifs is 1. The summed E-state index contributed by atoms with van der Waals surface area (Å²) in [6.07, 6.45) is 5.07. The normalized spacial score (nSPS) is 10.8. The highest BCUT2D eigenvalue weighted by molar-refractivity contribution is 6.17. The molecule has 2 rings (SSSR count). The van der Waals surface area contributed by atoms with Gasteiger partial charge in [-0.2, -0.15) is 0 Å². The third-order valence-corrected chi connectivity index (χ3v) is 3.10. The van der Waals surface area contributed by atoms with Gasteiger partial charge in [0.2, 0.25) is 0 Å². The second kappa shape index (κ2) is 5.91. The van der Waals surface area contributed by atoms with Crippen LogP contribution in [0.2, 0.25) is 0 Å². The summed E-state index contributed by atoms with van der Waals surface area (Å²) in [6.45, 7) is 1.41. The van der Waals surface area contributed by atoms with Crippen molar-refractivity contribution in [2.75, 3.05) is 5.88 Å². The number of rotatable bonds is 5. The van der Waals surface area contributed by atoms with Crippen molar-refractivity contribution >= 4 is 28.5 Å². The summed E-state index contributed by atoms with van der Waals surface area (Å²) in [7, 11) is 0. The van der Waals surface area contributed by atoms with Crippen LogP contribution >= 0.6 is 11.6 Å². The Bertz CT molecular complexity index is 548. The van der Waals surface area contributed by atoms with Crippen LogP contribution in [0, 0.1) is 0 Å². The van der Waals surface area contributed by atoms with Crippen LogP contribution < -0.4 is 4.74 Å². The van der Waals surface area contributed by atoms with Gasteiger partial charge in [0.15, 0.2) is 0 Å². The maximum Gasteiger partial charge on any atom is 0.308 e. The molecule has 0 unspecified atom stereocenters. The first-order chi connectivity index (χ1) is 8.70. The first-order valence-corrected chi connectivity index (χ1v) is 6.58. The van der Waals surface area contributed by atoms with Crippen molar-refractivity contribution in [1.29, 1.82) is 0 Å². The molecule has 3 nitrogen and oxygen atoms in total. The van der Waals surface area contributed by atoms with Crippen LogP contribution in [0.25, 0.3) is 10.9 Å². The fourth-order valence-corrected chi connectivity index (χ4v) is 2.19. The Hall–Kier alpha value is -1.48. The third kappa shape index (κ3) is 3.05. The Balaban J connectivity index is 2.22. The minimum absolute atomic E-state index is 0.298. The van der Waals surface area contributed by atoms with Gasteiger partial charge in [0.25, 0.3) is 0 Å². The van der Waals surface area contributed by atoms with E-state index in [9.17, 15) is 4.79 Å². The number of H-pyrrole nitrogens is 1. The number of aromatic amines is 1. The molecule has 0 aliphatic carbocycles. The van der Waals surface area contributed by atoms with E-state index in [1.54, 1.807) is 6.07 Å². The third-order valence-electron chi connectivity index (χ3n) is 2.83. The van der Waals surface area contributed by atoms with E-state index in [4.69, 9.17) is 16.3 Å². The van der Waals surface area contributed by atoms with Crippen molar-refractivity contribution in [3.8, 4) is 5.75 Å². The summed E-state index contributed by atoms with van der Waals surface area (Å²) in [4.78, 5) is 14.2. The Kier molecular flexibility index (Phi) is 4.26. The Morgan fingerprint density at radius 2 is 2.22 bits per heavy atom. The number of aromatic nitrogens is 1. The van der Waals surface area contributed by atoms with Gasteiger partial charge in [0.1, 0.15) is 5.75 Å². The molecule has 1 aromatic carbocycles. The number of hydrogen-bond donors (Lipinski definition) is 1. The van der Waals surface area contributed by atoms with Crippen LogP contribution in [0.1, 0.15) is 25.3 Å². The molecular weight excluding hydrogens is 250 g/mol. The minimum atomic E-state index is -0.298. The predicted octanol–water partition coefficient (Wildman–Crippen LogP) is 3.65. The molecule has 1 N–H and O–H groups in total. The van der Waals surface area contributed by atoms with E-state index in [0.29, 0.717) is 11.6 Å². The number of carbonyl (C=O) groups excluding carboxylic acids is 1. The van der Waals surface area contributed by atoms with Crippen molar-refractivity contribution in [3.05, 3.63) is 30.0 Å². The van der Waals surface area contributed by atoms with Crippen LogP contribution in [-0.2, 0) is 11.2 Å². The van der Waals surface area contributed by atoms with Crippen molar-refractivity contribution in [1.82, 2.24) is 4.98 Å². The molecule has 0 saturated carbocycles. The number of aryl methyl sites for hydroxylation is 1. The number of esters is 1. The van der Waals surface area contributed by atoms with Gasteiger partial charge in [-0.1, -0.05) is 0 Å². The monoisotopic (exact) mass is 265 g/mol. The molecule has 1 heterocycles. The summed E-state index contributed by atoms with van der Waals surface area (Å²) in [5.41, 5.74) is 2.30. The maximum absolute atomic E-state index is 10.9. The van der Waals surface area contributed by atoms with Crippen molar-refractivity contribution in [2.45, 2.75) is 26.2 Å². The molecule has 0 aliphatic heterocycles. The van der Waals surface area contributed by atoms with Gasteiger partial charge in [0.05, 0.1) is 0 Å². The summed E-state index contributed by atoms with van der Waals surface area (Å²) in [5, 5.41) is 1.11. The number of unbranched alkanes of at least 4 members (excludes halogenated alkanes) is 1. The zero-order valence-corrected chi connectivity index (χ0v) is 11.1. The van der Waals surface area contributed by atoms with Gasteiger partial charge in [-0.15, -0.1) is 11.6 Å². The molecule has 0 saturated heterocycles. The standard InChI is InChI=1S/C14H16ClNO2/c1-10(17)18-12-5-6-14-13(8-12)11(9-16-14)4-2-3-7-15/h5-6,8-9,16H,2-4,7H2,1H3. The Morgan fingerprint density at radius 3 is 2.94 bits per heavy atom. The van der Waals surface area contributed by atoms with Gasteiger partial charge in [-0.05, 0) is 43.0 Å². The molecule has 96 valence electrons. The average Bonchev–Trinajstić information content (AvgIpc) is 2.72. The van der Waals surface area contributed by atoms with Crippen molar-refractivity contribution in [3.63, 3.8) is 0 Å². The van der Waals surface area contributed by atoms with Gasteiger partial charge in [-0.25, -0.2) is 0 Å². The number of hydrogen-bond acceptors (Lipinski definition) is 2. The number of nitrogens with one attached hydrogen (secondary N) is 1. The molecule has 18 heavy (non-hydrogen) atoms. The zero-order valence-electron chi connectivity index (χ0n) is 10.3. The minimum Gasteiger partial charge on any atom is -0.427 e. The average molecular weight is 266 g/mol. The van der Waals surface area contributed by atoms with Crippen LogP contribution in [0.3, 0.4) is 0 Å². The summed E-state index contributed by atoms with van der Waals surface area (Å²) < 4.78 is 5.10. The zero-order chi connectivity index (χ0) is 13.0. The van der Waals surface area contributed by atoms with E-state index >= 15 is 0 Å². The summed E-state index contributed by atoms with van der Waals surface area (Å²) in [6, 6.07) is 5.63. The molecular formula is C14H16ClNO2. The molecule has 0 aliphatic rings. The van der Waals surface area contributed by atoms with Gasteiger partial charge >= 0.3 is 5.97 Å². The number of ether oxygens (including phenoxy) is 1. The number of halogens is 1. The van der Waals surface area contributed by atoms with E-state index in [-0.39, 0.29) is 5.97 Å². The largest absolute Gasteiger partial charge is 0.427 e. The van der Waals surface area contributed by atoms with Gasteiger partial charge < -0.3 is 9.72 Å². The Labute approximate surface area is 111 Å². The molecule has 0 amide bonds. The van der Waals surface area contributed by atoms with E-state index in [2.05, 4.69) is 4.98 Å². The van der Waals surface area contributed by atoms with E-state index < -0.39 is 0 Å². The number of carbonyl (C=O) groups is 1. The first kappa shape index (κ1) is 13.0. The lowest BCUT2D eigenvalue weighted by molar-refractivity contribution is -0.131. The maximum atomic E-state index is 10.9. The van der Waals surface area contributed by atoms with Crippen molar-refractivity contribution in [2.24, 2.45) is 0 Å². The predicted molar refractivity (Wildman–Crippen MR) is 73.3 cm³/mol. The van der Waals surface area contributed by atoms with Gasteiger partial charge in [0, 0.05) is 29.9 Å². The fourth-order valence-electron chi connectivity index (χ4n) is 2.00. The summed E-state index contributed by atoms with van der Waals surface area (Å²) >= 11 is 5.68. The van der Waals surface area contributed by atoms with Crippen LogP contribution in [0.5, 0.6) is 5.75 Å². The highest BCUT2D eigenvalue weighted by Gasteiger charge is 2.06.